The number of aromatic carboxylic acids is 1. The van der Waals surface area contributed by atoms with E-state index in [0.717, 1.165) is 9.24 Å². The number of carboxylic acid groups (broad SMARTS) is 1. The second kappa shape index (κ2) is 4.41. The van der Waals surface area contributed by atoms with Gasteiger partial charge in [0.1, 0.15) is 5.69 Å². The maximum atomic E-state index is 10.5. The van der Waals surface area contributed by atoms with Gasteiger partial charge in [-0.05, 0) is 12.1 Å². The number of hydrogen-bond acceptors (Lipinski definition) is 5. The van der Waals surface area contributed by atoms with Gasteiger partial charge in [-0.15, -0.1) is 11.3 Å². The molecule has 0 radical (unpaired) electrons. The van der Waals surface area contributed by atoms with E-state index in [2.05, 4.69) is 9.97 Å². The van der Waals surface area contributed by atoms with Crippen LogP contribution in [0.15, 0.2) is 39.1 Å². The summed E-state index contributed by atoms with van der Waals surface area (Å²) in [6.07, 6.45) is 3.27. The highest BCUT2D eigenvalue weighted by Gasteiger charge is 2.05. The van der Waals surface area contributed by atoms with Crippen LogP contribution in [0.5, 0.6) is 0 Å². The normalized spacial score (nSPS) is 10.1. The Morgan fingerprint density at radius 3 is 2.80 bits per heavy atom. The number of aromatic nitrogens is 2. The van der Waals surface area contributed by atoms with Crippen molar-refractivity contribution in [2.45, 2.75) is 9.24 Å². The summed E-state index contributed by atoms with van der Waals surface area (Å²) in [5.41, 5.74) is 0.0542. The molecule has 0 saturated carbocycles. The van der Waals surface area contributed by atoms with Crippen molar-refractivity contribution in [2.75, 3.05) is 0 Å². The number of carbonyl (C=O) groups is 1. The van der Waals surface area contributed by atoms with Gasteiger partial charge in [-0.1, -0.05) is 11.8 Å². The molecule has 0 aliphatic rings. The standard InChI is InChI=1S/C9H6N2O2S2/c12-8(13)7-2-1-6(5-11-7)15-9-10-3-4-14-9/h1-5H,(H,12,13). The summed E-state index contributed by atoms with van der Waals surface area (Å²) in [5.74, 6) is -1.01. The molecule has 0 unspecified atom stereocenters. The summed E-state index contributed by atoms with van der Waals surface area (Å²) in [7, 11) is 0. The lowest BCUT2D eigenvalue weighted by Gasteiger charge is -1.97. The lowest BCUT2D eigenvalue weighted by molar-refractivity contribution is 0.0690. The number of hydrogen-bond donors (Lipinski definition) is 1. The first-order valence-electron chi connectivity index (χ1n) is 4.02. The van der Waals surface area contributed by atoms with Crippen molar-refractivity contribution in [1.82, 2.24) is 9.97 Å². The van der Waals surface area contributed by atoms with Crippen LogP contribution >= 0.6 is 23.1 Å². The number of carboxylic acids is 1. The largest absolute Gasteiger partial charge is 0.477 e. The molecule has 15 heavy (non-hydrogen) atoms. The van der Waals surface area contributed by atoms with Gasteiger partial charge in [-0.25, -0.2) is 14.8 Å². The number of pyridine rings is 1. The zero-order valence-electron chi connectivity index (χ0n) is 7.45. The van der Waals surface area contributed by atoms with Crippen LogP contribution in [0.1, 0.15) is 10.5 Å². The van der Waals surface area contributed by atoms with Crippen LogP contribution in [0.25, 0.3) is 0 Å². The van der Waals surface area contributed by atoms with Crippen LogP contribution in [0.4, 0.5) is 0 Å². The molecular formula is C9H6N2O2S2. The Labute approximate surface area is 94.0 Å². The molecule has 0 bridgehead atoms. The molecule has 0 aliphatic carbocycles. The van der Waals surface area contributed by atoms with Crippen molar-refractivity contribution in [3.05, 3.63) is 35.6 Å². The molecule has 76 valence electrons. The van der Waals surface area contributed by atoms with E-state index in [9.17, 15) is 4.79 Å². The maximum absolute atomic E-state index is 10.5. The highest BCUT2D eigenvalue weighted by molar-refractivity contribution is 8.01. The monoisotopic (exact) mass is 238 g/mol. The minimum absolute atomic E-state index is 0.0542. The number of thiazole rings is 1. The summed E-state index contributed by atoms with van der Waals surface area (Å²) < 4.78 is 0.917. The van der Waals surface area contributed by atoms with Gasteiger partial charge in [0, 0.05) is 22.7 Å². The van der Waals surface area contributed by atoms with E-state index in [1.54, 1.807) is 12.3 Å². The van der Waals surface area contributed by atoms with Crippen molar-refractivity contribution in [3.63, 3.8) is 0 Å². The first-order valence-corrected chi connectivity index (χ1v) is 5.72. The quantitative estimate of drug-likeness (QED) is 0.889. The molecule has 0 saturated heterocycles. The second-order valence-electron chi connectivity index (χ2n) is 2.58. The van der Waals surface area contributed by atoms with Gasteiger partial charge in [-0.2, -0.15) is 0 Å². The first-order chi connectivity index (χ1) is 7.25. The first kappa shape index (κ1) is 10.1. The van der Waals surface area contributed by atoms with Gasteiger partial charge in [0.15, 0.2) is 4.34 Å². The average Bonchev–Trinajstić information content (AvgIpc) is 2.71. The number of rotatable bonds is 3. The fraction of sp³-hybridized carbons (Fsp3) is 0. The molecule has 4 nitrogen and oxygen atoms in total. The Balaban J connectivity index is 2.14. The van der Waals surface area contributed by atoms with Crippen molar-refractivity contribution >= 4 is 29.1 Å². The predicted molar refractivity (Wildman–Crippen MR) is 57.4 cm³/mol. The highest BCUT2D eigenvalue weighted by atomic mass is 32.2. The molecule has 2 aromatic heterocycles. The van der Waals surface area contributed by atoms with Gasteiger partial charge in [0.25, 0.3) is 0 Å². The third-order valence-corrected chi connectivity index (χ3v) is 3.43. The van der Waals surface area contributed by atoms with E-state index in [1.807, 2.05) is 5.38 Å². The summed E-state index contributed by atoms with van der Waals surface area (Å²) in [5, 5.41) is 10.5. The Morgan fingerprint density at radius 1 is 1.40 bits per heavy atom. The van der Waals surface area contributed by atoms with E-state index < -0.39 is 5.97 Å². The van der Waals surface area contributed by atoms with Crippen molar-refractivity contribution in [3.8, 4) is 0 Å². The van der Waals surface area contributed by atoms with Gasteiger partial charge in [-0.3, -0.25) is 0 Å². The van der Waals surface area contributed by atoms with Gasteiger partial charge in [0.2, 0.25) is 0 Å². The van der Waals surface area contributed by atoms with Crippen LogP contribution in [0.3, 0.4) is 0 Å². The van der Waals surface area contributed by atoms with E-state index >= 15 is 0 Å². The lowest BCUT2D eigenvalue weighted by Crippen LogP contribution is -1.98. The lowest BCUT2D eigenvalue weighted by atomic mass is 10.4. The predicted octanol–water partition coefficient (Wildman–Crippen LogP) is 2.39. The fourth-order valence-corrected chi connectivity index (χ4v) is 2.49. The molecule has 0 spiro atoms. The molecule has 6 heteroatoms. The van der Waals surface area contributed by atoms with E-state index in [-0.39, 0.29) is 5.69 Å². The van der Waals surface area contributed by atoms with Gasteiger partial charge in [0.05, 0.1) is 0 Å². The van der Waals surface area contributed by atoms with Crippen LogP contribution in [0.2, 0.25) is 0 Å². The topological polar surface area (TPSA) is 63.1 Å². The minimum atomic E-state index is -1.01. The maximum Gasteiger partial charge on any atom is 0.354 e. The Bertz CT molecular complexity index is 453. The molecule has 0 atom stereocenters. The van der Waals surface area contributed by atoms with E-state index in [0.29, 0.717) is 0 Å². The van der Waals surface area contributed by atoms with Crippen LogP contribution in [-0.4, -0.2) is 21.0 Å². The van der Waals surface area contributed by atoms with Crippen molar-refractivity contribution in [2.24, 2.45) is 0 Å². The zero-order valence-corrected chi connectivity index (χ0v) is 9.09. The average molecular weight is 238 g/mol. The van der Waals surface area contributed by atoms with Crippen LogP contribution in [-0.2, 0) is 0 Å². The molecule has 2 aromatic rings. The third-order valence-electron chi connectivity index (χ3n) is 1.57. The summed E-state index contributed by atoms with van der Waals surface area (Å²) >= 11 is 3.00. The molecular weight excluding hydrogens is 232 g/mol. The van der Waals surface area contributed by atoms with Crippen molar-refractivity contribution < 1.29 is 9.90 Å². The fourth-order valence-electron chi connectivity index (χ4n) is 0.929. The van der Waals surface area contributed by atoms with Gasteiger partial charge >= 0.3 is 5.97 Å². The Morgan fingerprint density at radius 2 is 2.27 bits per heavy atom. The highest BCUT2D eigenvalue weighted by Crippen LogP contribution is 2.28. The van der Waals surface area contributed by atoms with Crippen LogP contribution in [0, 0.1) is 0 Å². The molecule has 0 fully saturated rings. The molecule has 0 aliphatic heterocycles. The Kier molecular flexibility index (Phi) is 2.98. The molecule has 2 heterocycles. The molecule has 0 amide bonds. The Hall–Kier alpha value is -1.40. The second-order valence-corrected chi connectivity index (χ2v) is 4.80. The summed E-state index contributed by atoms with van der Waals surface area (Å²) in [6, 6.07) is 3.21. The van der Waals surface area contributed by atoms with E-state index in [1.165, 1.54) is 35.4 Å². The molecule has 1 N–H and O–H groups in total. The third kappa shape index (κ3) is 2.54. The molecule has 0 aromatic carbocycles. The number of nitrogens with zero attached hydrogens (tertiary/aromatic N) is 2. The minimum Gasteiger partial charge on any atom is -0.477 e. The zero-order chi connectivity index (χ0) is 10.7. The SMILES string of the molecule is O=C(O)c1ccc(Sc2nccs2)cn1. The smallest absolute Gasteiger partial charge is 0.354 e. The van der Waals surface area contributed by atoms with E-state index in [4.69, 9.17) is 5.11 Å². The van der Waals surface area contributed by atoms with Crippen LogP contribution < -0.4 is 0 Å². The molecule has 2 rings (SSSR count). The van der Waals surface area contributed by atoms with Crippen molar-refractivity contribution in [1.29, 1.82) is 0 Å². The van der Waals surface area contributed by atoms with Gasteiger partial charge < -0.3 is 5.11 Å². The summed E-state index contributed by atoms with van der Waals surface area (Å²) in [6.45, 7) is 0. The summed E-state index contributed by atoms with van der Waals surface area (Å²) in [4.78, 5) is 19.4.